The van der Waals surface area contributed by atoms with E-state index in [2.05, 4.69) is 0 Å². The minimum Gasteiger partial charge on any atom is -0.497 e. The van der Waals surface area contributed by atoms with Crippen molar-refractivity contribution in [3.63, 3.8) is 0 Å². The van der Waals surface area contributed by atoms with Crippen LogP contribution in [-0.2, 0) is 0 Å². The quantitative estimate of drug-likeness (QED) is 0.256. The maximum atomic E-state index is 13.5. The van der Waals surface area contributed by atoms with Gasteiger partial charge in [-0.05, 0) is 42.0 Å². The molecular weight excluding hydrogens is 452 g/mol. The van der Waals surface area contributed by atoms with Gasteiger partial charge in [-0.1, -0.05) is 66.7 Å². The fraction of sp³-hybridized carbons (Fsp3) is 0.100. The molecule has 0 saturated heterocycles. The SMILES string of the molecule is COc1ccc(C2=NN(C(=O)c3ccccc3)[C@@H](c3ccccc3)C2)c(OC(=O)c2ccccc2)c1. The number of nitrogens with zero attached hydrogens (tertiary/aromatic N) is 2. The topological polar surface area (TPSA) is 68.2 Å². The molecule has 0 N–H and O–H groups in total. The van der Waals surface area contributed by atoms with Crippen LogP contribution < -0.4 is 9.47 Å². The summed E-state index contributed by atoms with van der Waals surface area (Å²) < 4.78 is 11.2. The lowest BCUT2D eigenvalue weighted by Gasteiger charge is -2.22. The van der Waals surface area contributed by atoms with Crippen LogP contribution >= 0.6 is 0 Å². The van der Waals surface area contributed by atoms with Crippen molar-refractivity contribution >= 4 is 17.6 Å². The molecule has 4 aromatic carbocycles. The number of rotatable bonds is 6. The molecular formula is C30H24N2O4. The molecule has 0 unspecified atom stereocenters. The number of esters is 1. The highest BCUT2D eigenvalue weighted by molar-refractivity contribution is 6.07. The Morgan fingerprint density at radius 2 is 1.42 bits per heavy atom. The van der Waals surface area contributed by atoms with Crippen LogP contribution in [0.4, 0.5) is 0 Å². The van der Waals surface area contributed by atoms with Gasteiger partial charge in [0.1, 0.15) is 11.5 Å². The molecule has 1 aliphatic heterocycles. The number of carbonyl (C=O) groups excluding carboxylic acids is 2. The number of benzene rings is 4. The maximum absolute atomic E-state index is 13.5. The van der Waals surface area contributed by atoms with Gasteiger partial charge in [0, 0.05) is 23.6 Å². The molecule has 1 atom stereocenters. The van der Waals surface area contributed by atoms with Crippen molar-refractivity contribution in [3.05, 3.63) is 131 Å². The minimum absolute atomic E-state index is 0.198. The lowest BCUT2D eigenvalue weighted by Crippen LogP contribution is -2.27. The normalized spacial score (nSPS) is 14.8. The summed E-state index contributed by atoms with van der Waals surface area (Å²) in [7, 11) is 1.55. The first-order chi connectivity index (χ1) is 17.6. The van der Waals surface area contributed by atoms with Gasteiger partial charge in [-0.3, -0.25) is 4.79 Å². The first-order valence-corrected chi connectivity index (χ1v) is 11.6. The molecule has 0 fully saturated rings. The average Bonchev–Trinajstić information content (AvgIpc) is 3.39. The molecule has 4 aromatic rings. The van der Waals surface area contributed by atoms with Gasteiger partial charge < -0.3 is 9.47 Å². The van der Waals surface area contributed by atoms with E-state index in [4.69, 9.17) is 14.6 Å². The molecule has 1 heterocycles. The molecule has 178 valence electrons. The maximum Gasteiger partial charge on any atom is 0.343 e. The van der Waals surface area contributed by atoms with Gasteiger partial charge in [0.25, 0.3) is 5.91 Å². The number of hydrazone groups is 1. The second-order valence-electron chi connectivity index (χ2n) is 8.31. The molecule has 6 nitrogen and oxygen atoms in total. The number of hydrogen-bond donors (Lipinski definition) is 0. The number of ether oxygens (including phenoxy) is 2. The van der Waals surface area contributed by atoms with Crippen molar-refractivity contribution in [2.75, 3.05) is 7.11 Å². The Balaban J connectivity index is 1.54. The highest BCUT2D eigenvalue weighted by atomic mass is 16.5. The van der Waals surface area contributed by atoms with E-state index in [1.807, 2.05) is 60.7 Å². The lowest BCUT2D eigenvalue weighted by atomic mass is 9.97. The molecule has 0 aliphatic carbocycles. The molecule has 0 radical (unpaired) electrons. The smallest absolute Gasteiger partial charge is 0.343 e. The number of carbonyl (C=O) groups is 2. The summed E-state index contributed by atoms with van der Waals surface area (Å²) in [4.78, 5) is 26.3. The molecule has 6 heteroatoms. The third kappa shape index (κ3) is 4.74. The standard InChI is InChI=1S/C30H24N2O4/c1-35-24-17-18-25(28(19-24)36-30(34)23-15-9-4-10-16-23)26-20-27(21-11-5-2-6-12-21)32(31-26)29(33)22-13-7-3-8-14-22/h2-19,27H,20H2,1H3/t27-/m1/s1. The zero-order chi connectivity index (χ0) is 24.9. The van der Waals surface area contributed by atoms with Gasteiger partial charge in [-0.15, -0.1) is 0 Å². The monoisotopic (exact) mass is 476 g/mol. The Morgan fingerprint density at radius 1 is 0.806 bits per heavy atom. The summed E-state index contributed by atoms with van der Waals surface area (Å²) in [5, 5.41) is 6.28. The fourth-order valence-corrected chi connectivity index (χ4v) is 4.19. The van der Waals surface area contributed by atoms with Gasteiger partial charge in [0.2, 0.25) is 0 Å². The Labute approximate surface area is 209 Å². The third-order valence-corrected chi connectivity index (χ3v) is 6.04. The molecule has 1 amide bonds. The summed E-state index contributed by atoms with van der Waals surface area (Å²) >= 11 is 0. The van der Waals surface area contributed by atoms with Crippen molar-refractivity contribution < 1.29 is 19.1 Å². The molecule has 36 heavy (non-hydrogen) atoms. The van der Waals surface area contributed by atoms with E-state index in [1.165, 1.54) is 5.01 Å². The van der Waals surface area contributed by atoms with E-state index in [0.717, 1.165) is 5.56 Å². The second-order valence-corrected chi connectivity index (χ2v) is 8.31. The zero-order valence-corrected chi connectivity index (χ0v) is 19.7. The van der Waals surface area contributed by atoms with E-state index in [-0.39, 0.29) is 11.9 Å². The van der Waals surface area contributed by atoms with Gasteiger partial charge in [-0.25, -0.2) is 9.80 Å². The van der Waals surface area contributed by atoms with Crippen molar-refractivity contribution in [2.24, 2.45) is 5.10 Å². The average molecular weight is 477 g/mol. The van der Waals surface area contributed by atoms with Crippen molar-refractivity contribution in [3.8, 4) is 11.5 Å². The van der Waals surface area contributed by atoms with Crippen molar-refractivity contribution in [1.29, 1.82) is 0 Å². The van der Waals surface area contributed by atoms with Crippen LogP contribution in [0.15, 0.2) is 114 Å². The largest absolute Gasteiger partial charge is 0.497 e. The van der Waals surface area contributed by atoms with Crippen molar-refractivity contribution in [1.82, 2.24) is 5.01 Å². The van der Waals surface area contributed by atoms with E-state index < -0.39 is 5.97 Å². The third-order valence-electron chi connectivity index (χ3n) is 6.04. The van der Waals surface area contributed by atoms with Gasteiger partial charge in [0.15, 0.2) is 0 Å². The zero-order valence-electron chi connectivity index (χ0n) is 19.7. The van der Waals surface area contributed by atoms with E-state index in [1.54, 1.807) is 55.6 Å². The summed E-state index contributed by atoms with van der Waals surface area (Å²) in [6.07, 6.45) is 0.463. The van der Waals surface area contributed by atoms with Crippen molar-refractivity contribution in [2.45, 2.75) is 12.5 Å². The van der Waals surface area contributed by atoms with Crippen LogP contribution in [0.25, 0.3) is 0 Å². The highest BCUT2D eigenvalue weighted by Crippen LogP contribution is 2.37. The highest BCUT2D eigenvalue weighted by Gasteiger charge is 2.34. The summed E-state index contributed by atoms with van der Waals surface area (Å²) in [6.45, 7) is 0. The molecule has 1 aliphatic rings. The molecule has 0 saturated carbocycles. The first-order valence-electron chi connectivity index (χ1n) is 11.6. The minimum atomic E-state index is -0.486. The van der Waals surface area contributed by atoms with E-state index >= 15 is 0 Å². The molecule has 0 aromatic heterocycles. The number of amides is 1. The van der Waals surface area contributed by atoms with Crippen LogP contribution in [0, 0.1) is 0 Å². The van der Waals surface area contributed by atoms with Gasteiger partial charge >= 0.3 is 5.97 Å². The van der Waals surface area contributed by atoms with Crippen LogP contribution in [-0.4, -0.2) is 29.7 Å². The van der Waals surface area contributed by atoms with Crippen LogP contribution in [0.3, 0.4) is 0 Å². The van der Waals surface area contributed by atoms with Crippen LogP contribution in [0.5, 0.6) is 11.5 Å². The Hall–Kier alpha value is -4.71. The summed E-state index contributed by atoms with van der Waals surface area (Å²) in [5.74, 6) is 0.184. The lowest BCUT2D eigenvalue weighted by molar-refractivity contribution is 0.0708. The fourth-order valence-electron chi connectivity index (χ4n) is 4.19. The van der Waals surface area contributed by atoms with E-state index in [9.17, 15) is 9.59 Å². The van der Waals surface area contributed by atoms with Crippen LogP contribution in [0.2, 0.25) is 0 Å². The second kappa shape index (κ2) is 10.3. The number of methoxy groups -OCH3 is 1. The predicted molar refractivity (Wildman–Crippen MR) is 137 cm³/mol. The summed E-state index contributed by atoms with van der Waals surface area (Å²) in [6, 6.07) is 32.6. The predicted octanol–water partition coefficient (Wildman–Crippen LogP) is 5.91. The van der Waals surface area contributed by atoms with Gasteiger partial charge in [-0.2, -0.15) is 5.10 Å². The number of hydrogen-bond acceptors (Lipinski definition) is 5. The van der Waals surface area contributed by atoms with E-state index in [0.29, 0.717) is 40.3 Å². The first kappa shape index (κ1) is 23.1. The Bertz CT molecular complexity index is 1400. The Kier molecular flexibility index (Phi) is 6.58. The van der Waals surface area contributed by atoms with Gasteiger partial charge in [0.05, 0.1) is 24.4 Å². The summed E-state index contributed by atoms with van der Waals surface area (Å²) in [5.41, 5.74) is 3.23. The molecule has 5 rings (SSSR count). The Morgan fingerprint density at radius 3 is 2.06 bits per heavy atom. The molecule has 0 bridgehead atoms. The van der Waals surface area contributed by atoms with Crippen LogP contribution in [0.1, 0.15) is 44.3 Å². The molecule has 0 spiro atoms.